The number of nitrogens with one attached hydrogen (secondary N) is 1. The molecule has 8 heteroatoms. The molecule has 2 rings (SSSR count). The molecule has 5 nitrogen and oxygen atoms in total. The maximum Gasteiger partial charge on any atom is 0.249 e. The Balaban J connectivity index is 2.10. The molecule has 0 spiro atoms. The molecule has 2 aromatic rings. The molecule has 21 heavy (non-hydrogen) atoms. The molecule has 0 aliphatic heterocycles. The highest BCUT2D eigenvalue weighted by molar-refractivity contribution is 7.91. The van der Waals surface area contributed by atoms with Crippen molar-refractivity contribution >= 4 is 26.5 Å². The van der Waals surface area contributed by atoms with Gasteiger partial charge in [0.1, 0.15) is 5.82 Å². The first-order valence-electron chi connectivity index (χ1n) is 6.17. The van der Waals surface area contributed by atoms with Crippen molar-refractivity contribution in [3.8, 4) is 0 Å². The van der Waals surface area contributed by atoms with Gasteiger partial charge in [0, 0.05) is 12.0 Å². The number of aromatic nitrogens is 1. The predicted octanol–water partition coefficient (Wildman–Crippen LogP) is 2.32. The van der Waals surface area contributed by atoms with Crippen molar-refractivity contribution in [3.63, 3.8) is 0 Å². The minimum atomic E-state index is -3.73. The second kappa shape index (κ2) is 5.70. The standard InChI is InChI=1S/C13H16FN3O2S2/c1-13(2,9-4-3-5-10(14)6-9)8-17-12-16-7-11(20-12)21(15,18)19/h3-7H,8H2,1-2H3,(H,16,17)(H2,15,18,19). The fraction of sp³-hybridized carbons (Fsp3) is 0.308. The summed E-state index contributed by atoms with van der Waals surface area (Å²) in [6.45, 7) is 4.40. The van der Waals surface area contributed by atoms with Gasteiger partial charge in [-0.25, -0.2) is 22.9 Å². The summed E-state index contributed by atoms with van der Waals surface area (Å²) in [4.78, 5) is 3.97. The first-order valence-corrected chi connectivity index (χ1v) is 8.53. The van der Waals surface area contributed by atoms with E-state index in [9.17, 15) is 12.8 Å². The van der Waals surface area contributed by atoms with Gasteiger partial charge in [0.15, 0.2) is 9.34 Å². The molecule has 1 heterocycles. The Labute approximate surface area is 127 Å². The van der Waals surface area contributed by atoms with Crippen molar-refractivity contribution in [3.05, 3.63) is 41.8 Å². The molecule has 1 aromatic carbocycles. The smallest absolute Gasteiger partial charge is 0.249 e. The van der Waals surface area contributed by atoms with Gasteiger partial charge in [0.2, 0.25) is 10.0 Å². The van der Waals surface area contributed by atoms with Crippen LogP contribution in [0.15, 0.2) is 34.7 Å². The van der Waals surface area contributed by atoms with Gasteiger partial charge in [-0.2, -0.15) is 0 Å². The molecule has 0 aliphatic rings. The van der Waals surface area contributed by atoms with E-state index in [1.807, 2.05) is 19.9 Å². The van der Waals surface area contributed by atoms with E-state index in [1.165, 1.54) is 18.3 Å². The molecule has 0 atom stereocenters. The molecule has 1 aromatic heterocycles. The van der Waals surface area contributed by atoms with Crippen LogP contribution in [0.25, 0.3) is 0 Å². The van der Waals surface area contributed by atoms with Crippen molar-refractivity contribution in [1.29, 1.82) is 0 Å². The van der Waals surface area contributed by atoms with E-state index in [4.69, 9.17) is 5.14 Å². The lowest BCUT2D eigenvalue weighted by atomic mass is 9.84. The zero-order chi connectivity index (χ0) is 15.7. The largest absolute Gasteiger partial charge is 0.361 e. The third kappa shape index (κ3) is 3.99. The summed E-state index contributed by atoms with van der Waals surface area (Å²) < 4.78 is 35.7. The summed E-state index contributed by atoms with van der Waals surface area (Å²) in [6.07, 6.45) is 1.22. The van der Waals surface area contributed by atoms with Crippen LogP contribution in [-0.2, 0) is 15.4 Å². The molecular weight excluding hydrogens is 313 g/mol. The molecule has 114 valence electrons. The quantitative estimate of drug-likeness (QED) is 0.881. The molecule has 0 saturated heterocycles. The lowest BCUT2D eigenvalue weighted by Gasteiger charge is -2.25. The molecule has 0 fully saturated rings. The van der Waals surface area contributed by atoms with Crippen LogP contribution in [0.4, 0.5) is 9.52 Å². The van der Waals surface area contributed by atoms with E-state index in [2.05, 4.69) is 10.3 Å². The van der Waals surface area contributed by atoms with Gasteiger partial charge in [-0.05, 0) is 17.7 Å². The Morgan fingerprint density at radius 1 is 1.43 bits per heavy atom. The monoisotopic (exact) mass is 329 g/mol. The van der Waals surface area contributed by atoms with E-state index in [0.29, 0.717) is 11.7 Å². The van der Waals surface area contributed by atoms with E-state index in [-0.39, 0.29) is 15.4 Å². The van der Waals surface area contributed by atoms with E-state index in [1.54, 1.807) is 6.07 Å². The summed E-state index contributed by atoms with van der Waals surface area (Å²) >= 11 is 0.970. The van der Waals surface area contributed by atoms with Crippen LogP contribution < -0.4 is 10.5 Å². The van der Waals surface area contributed by atoms with Gasteiger partial charge >= 0.3 is 0 Å². The normalized spacial score (nSPS) is 12.4. The maximum absolute atomic E-state index is 13.3. The Hall–Kier alpha value is -1.51. The van der Waals surface area contributed by atoms with Gasteiger partial charge in [-0.1, -0.05) is 37.3 Å². The number of benzene rings is 1. The fourth-order valence-corrected chi connectivity index (χ4v) is 3.23. The van der Waals surface area contributed by atoms with Gasteiger partial charge in [-0.3, -0.25) is 0 Å². The Bertz CT molecular complexity index is 741. The number of halogens is 1. The van der Waals surface area contributed by atoms with Crippen molar-refractivity contribution in [1.82, 2.24) is 4.98 Å². The van der Waals surface area contributed by atoms with Crippen LogP contribution >= 0.6 is 11.3 Å². The summed E-state index contributed by atoms with van der Waals surface area (Å²) in [7, 11) is -3.73. The van der Waals surface area contributed by atoms with Crippen LogP contribution in [0.2, 0.25) is 0 Å². The topological polar surface area (TPSA) is 85.1 Å². The number of hydrogen-bond donors (Lipinski definition) is 2. The van der Waals surface area contributed by atoms with Crippen LogP contribution in [-0.4, -0.2) is 19.9 Å². The van der Waals surface area contributed by atoms with E-state index < -0.39 is 10.0 Å². The van der Waals surface area contributed by atoms with Gasteiger partial charge in [-0.15, -0.1) is 0 Å². The highest BCUT2D eigenvalue weighted by Gasteiger charge is 2.22. The van der Waals surface area contributed by atoms with E-state index >= 15 is 0 Å². The van der Waals surface area contributed by atoms with Crippen molar-refractivity contribution in [2.24, 2.45) is 5.14 Å². The van der Waals surface area contributed by atoms with Crippen LogP contribution in [0.3, 0.4) is 0 Å². The zero-order valence-electron chi connectivity index (χ0n) is 11.6. The molecule has 0 aliphatic carbocycles. The lowest BCUT2D eigenvalue weighted by molar-refractivity contribution is 0.546. The number of sulfonamides is 1. The van der Waals surface area contributed by atoms with Crippen molar-refractivity contribution in [2.75, 3.05) is 11.9 Å². The number of nitrogens with zero attached hydrogens (tertiary/aromatic N) is 1. The van der Waals surface area contributed by atoms with Crippen LogP contribution in [0.5, 0.6) is 0 Å². The first kappa shape index (κ1) is 15.9. The Morgan fingerprint density at radius 2 is 2.14 bits per heavy atom. The first-order chi connectivity index (χ1) is 9.68. The highest BCUT2D eigenvalue weighted by Crippen LogP contribution is 2.26. The number of thiazole rings is 1. The summed E-state index contributed by atoms with van der Waals surface area (Å²) in [5, 5.41) is 8.55. The minimum absolute atomic E-state index is 0.00793. The average Bonchev–Trinajstić information content (AvgIpc) is 2.85. The molecule has 0 radical (unpaired) electrons. The van der Waals surface area contributed by atoms with Crippen molar-refractivity contribution in [2.45, 2.75) is 23.5 Å². The average molecular weight is 329 g/mol. The zero-order valence-corrected chi connectivity index (χ0v) is 13.3. The van der Waals surface area contributed by atoms with Crippen LogP contribution in [0.1, 0.15) is 19.4 Å². The highest BCUT2D eigenvalue weighted by atomic mass is 32.2. The number of nitrogens with two attached hydrogens (primary N) is 1. The van der Waals surface area contributed by atoms with Crippen LogP contribution in [0, 0.1) is 5.82 Å². The SMILES string of the molecule is CC(C)(CNc1ncc(S(N)(=O)=O)s1)c1cccc(F)c1. The third-order valence-corrected chi connectivity index (χ3v) is 5.42. The number of hydrogen-bond acceptors (Lipinski definition) is 5. The Morgan fingerprint density at radius 3 is 2.71 bits per heavy atom. The predicted molar refractivity (Wildman–Crippen MR) is 81.4 cm³/mol. The lowest BCUT2D eigenvalue weighted by Crippen LogP contribution is -2.27. The maximum atomic E-state index is 13.3. The molecule has 0 amide bonds. The Kier molecular flexibility index (Phi) is 4.31. The van der Waals surface area contributed by atoms with Gasteiger partial charge < -0.3 is 5.32 Å². The van der Waals surface area contributed by atoms with E-state index in [0.717, 1.165) is 16.9 Å². The van der Waals surface area contributed by atoms with Crippen molar-refractivity contribution < 1.29 is 12.8 Å². The van der Waals surface area contributed by atoms with Gasteiger partial charge in [0.25, 0.3) is 0 Å². The second-order valence-corrected chi connectivity index (χ2v) is 8.10. The summed E-state index contributed by atoms with van der Waals surface area (Å²) in [5.41, 5.74) is 0.508. The number of anilines is 1. The molecule has 0 saturated carbocycles. The fourth-order valence-electron chi connectivity index (χ4n) is 1.78. The summed E-state index contributed by atoms with van der Waals surface area (Å²) in [5.74, 6) is -0.286. The third-order valence-electron chi connectivity index (χ3n) is 3.05. The molecular formula is C13H16FN3O2S2. The number of rotatable bonds is 5. The summed E-state index contributed by atoms with van der Waals surface area (Å²) in [6, 6.07) is 6.39. The number of primary sulfonamides is 1. The van der Waals surface area contributed by atoms with Gasteiger partial charge in [0.05, 0.1) is 6.20 Å². The molecule has 3 N–H and O–H groups in total. The minimum Gasteiger partial charge on any atom is -0.361 e. The second-order valence-electron chi connectivity index (χ2n) is 5.28. The molecule has 0 bridgehead atoms. The molecule has 0 unspecified atom stereocenters.